The maximum absolute atomic E-state index is 6.02. The first-order valence-electron chi connectivity index (χ1n) is 7.32. The number of hydrogen-bond donors (Lipinski definition) is 1. The molecule has 1 heterocycles. The molecule has 1 unspecified atom stereocenters. The number of nitrogens with zero attached hydrogens (tertiary/aromatic N) is 1. The van der Waals surface area contributed by atoms with Gasteiger partial charge in [-0.1, -0.05) is 37.3 Å². The lowest BCUT2D eigenvalue weighted by molar-refractivity contribution is 0.169. The molecule has 1 aromatic rings. The summed E-state index contributed by atoms with van der Waals surface area (Å²) in [6.45, 7) is 6.80. The Morgan fingerprint density at radius 2 is 1.89 bits per heavy atom. The van der Waals surface area contributed by atoms with Crippen molar-refractivity contribution in [3.63, 3.8) is 0 Å². The highest BCUT2D eigenvalue weighted by atomic mass is 15.1. The minimum atomic E-state index is 0.551. The van der Waals surface area contributed by atoms with Crippen LogP contribution in [0.5, 0.6) is 0 Å². The van der Waals surface area contributed by atoms with E-state index in [1.165, 1.54) is 44.5 Å². The molecule has 0 amide bonds. The van der Waals surface area contributed by atoms with Crippen LogP contribution >= 0.6 is 0 Å². The van der Waals surface area contributed by atoms with Gasteiger partial charge in [-0.2, -0.15) is 0 Å². The molecule has 2 rings (SSSR count). The Morgan fingerprint density at radius 1 is 1.22 bits per heavy atom. The highest BCUT2D eigenvalue weighted by Gasteiger charge is 2.26. The van der Waals surface area contributed by atoms with Crippen LogP contribution in [0.4, 0.5) is 0 Å². The summed E-state index contributed by atoms with van der Waals surface area (Å²) in [5.41, 5.74) is 7.44. The Hall–Kier alpha value is -0.860. The molecule has 0 radical (unpaired) electrons. The summed E-state index contributed by atoms with van der Waals surface area (Å²) in [6.07, 6.45) is 3.87. The Balaban J connectivity index is 1.95. The molecule has 2 N–H and O–H groups in total. The molecule has 1 atom stereocenters. The molecular weight excluding hydrogens is 220 g/mol. The molecule has 0 aromatic heterocycles. The number of piperidine rings is 1. The van der Waals surface area contributed by atoms with Crippen LogP contribution in [0.25, 0.3) is 0 Å². The fourth-order valence-corrected chi connectivity index (χ4v) is 3.20. The minimum absolute atomic E-state index is 0.551. The molecule has 1 aromatic carbocycles. The molecule has 2 heteroatoms. The van der Waals surface area contributed by atoms with Gasteiger partial charge < -0.3 is 10.6 Å². The molecule has 2 nitrogen and oxygen atoms in total. The van der Waals surface area contributed by atoms with Crippen molar-refractivity contribution in [3.05, 3.63) is 35.9 Å². The van der Waals surface area contributed by atoms with Gasteiger partial charge in [-0.05, 0) is 62.8 Å². The van der Waals surface area contributed by atoms with Gasteiger partial charge in [0.05, 0.1) is 0 Å². The summed E-state index contributed by atoms with van der Waals surface area (Å²) in [5, 5.41) is 0. The van der Waals surface area contributed by atoms with Crippen LogP contribution in [-0.4, -0.2) is 31.1 Å². The van der Waals surface area contributed by atoms with Gasteiger partial charge in [0.2, 0.25) is 0 Å². The number of benzene rings is 1. The average Bonchev–Trinajstić information content (AvgIpc) is 2.43. The molecule has 0 bridgehead atoms. The number of rotatable bonds is 5. The fourth-order valence-electron chi connectivity index (χ4n) is 3.20. The van der Waals surface area contributed by atoms with Crippen LogP contribution in [0, 0.1) is 5.92 Å². The van der Waals surface area contributed by atoms with E-state index in [0.717, 1.165) is 12.5 Å². The summed E-state index contributed by atoms with van der Waals surface area (Å²) >= 11 is 0. The molecule has 18 heavy (non-hydrogen) atoms. The van der Waals surface area contributed by atoms with E-state index in [0.29, 0.717) is 5.92 Å². The molecule has 0 spiro atoms. The highest BCUT2D eigenvalue weighted by Crippen LogP contribution is 2.31. The Kier molecular flexibility index (Phi) is 5.21. The van der Waals surface area contributed by atoms with Crippen molar-refractivity contribution in [2.75, 3.05) is 26.2 Å². The molecule has 1 aliphatic heterocycles. The van der Waals surface area contributed by atoms with Gasteiger partial charge in [-0.15, -0.1) is 0 Å². The highest BCUT2D eigenvalue weighted by molar-refractivity contribution is 5.21. The van der Waals surface area contributed by atoms with E-state index in [2.05, 4.69) is 42.2 Å². The van der Waals surface area contributed by atoms with Gasteiger partial charge in [0, 0.05) is 0 Å². The summed E-state index contributed by atoms with van der Waals surface area (Å²) in [6, 6.07) is 10.8. The van der Waals surface area contributed by atoms with Gasteiger partial charge in [0.25, 0.3) is 0 Å². The molecule has 100 valence electrons. The van der Waals surface area contributed by atoms with Gasteiger partial charge in [-0.25, -0.2) is 0 Å². The van der Waals surface area contributed by atoms with Crippen molar-refractivity contribution in [1.29, 1.82) is 0 Å². The average molecular weight is 246 g/mol. The smallest absolute Gasteiger partial charge is 0.000555 e. The van der Waals surface area contributed by atoms with E-state index in [1.807, 2.05) is 0 Å². The molecule has 1 fully saturated rings. The Bertz CT molecular complexity index is 328. The van der Waals surface area contributed by atoms with E-state index in [-0.39, 0.29) is 0 Å². The zero-order valence-corrected chi connectivity index (χ0v) is 11.5. The lowest BCUT2D eigenvalue weighted by Crippen LogP contribution is -2.37. The third-order valence-corrected chi connectivity index (χ3v) is 4.22. The van der Waals surface area contributed by atoms with E-state index < -0.39 is 0 Å². The van der Waals surface area contributed by atoms with Crippen LogP contribution in [0.15, 0.2) is 30.3 Å². The van der Waals surface area contributed by atoms with Crippen molar-refractivity contribution in [3.8, 4) is 0 Å². The van der Waals surface area contributed by atoms with Gasteiger partial charge in [0.15, 0.2) is 0 Å². The SMILES string of the molecule is CCCN1CCC(C(CN)c2ccccc2)CC1. The summed E-state index contributed by atoms with van der Waals surface area (Å²) in [4.78, 5) is 2.59. The van der Waals surface area contributed by atoms with Crippen molar-refractivity contribution in [2.24, 2.45) is 11.7 Å². The monoisotopic (exact) mass is 246 g/mol. The van der Waals surface area contributed by atoms with E-state index in [4.69, 9.17) is 5.73 Å². The van der Waals surface area contributed by atoms with Crippen LogP contribution in [0.1, 0.15) is 37.7 Å². The fraction of sp³-hybridized carbons (Fsp3) is 0.625. The van der Waals surface area contributed by atoms with Crippen molar-refractivity contribution in [1.82, 2.24) is 4.90 Å². The van der Waals surface area contributed by atoms with Crippen LogP contribution in [0.2, 0.25) is 0 Å². The number of hydrogen-bond acceptors (Lipinski definition) is 2. The third-order valence-electron chi connectivity index (χ3n) is 4.22. The molecular formula is C16H26N2. The standard InChI is InChI=1S/C16H26N2/c1-2-10-18-11-8-15(9-12-18)16(13-17)14-6-4-3-5-7-14/h3-7,15-16H,2,8-13,17H2,1H3. The van der Waals surface area contributed by atoms with Crippen molar-refractivity contribution < 1.29 is 0 Å². The molecule has 1 saturated heterocycles. The quantitative estimate of drug-likeness (QED) is 0.865. The molecule has 0 aliphatic carbocycles. The lowest BCUT2D eigenvalue weighted by Gasteiger charge is -2.35. The second-order valence-electron chi connectivity index (χ2n) is 5.43. The summed E-state index contributed by atoms with van der Waals surface area (Å²) in [5.74, 6) is 1.32. The minimum Gasteiger partial charge on any atom is -0.330 e. The van der Waals surface area contributed by atoms with Gasteiger partial charge in [0.1, 0.15) is 0 Å². The molecule has 1 aliphatic rings. The predicted molar refractivity (Wildman–Crippen MR) is 77.7 cm³/mol. The van der Waals surface area contributed by atoms with E-state index in [1.54, 1.807) is 0 Å². The first-order valence-corrected chi connectivity index (χ1v) is 7.32. The maximum atomic E-state index is 6.02. The largest absolute Gasteiger partial charge is 0.330 e. The molecule has 0 saturated carbocycles. The first kappa shape index (κ1) is 13.6. The van der Waals surface area contributed by atoms with E-state index in [9.17, 15) is 0 Å². The Labute approximate surface area is 111 Å². The summed E-state index contributed by atoms with van der Waals surface area (Å²) in [7, 11) is 0. The predicted octanol–water partition coefficient (Wildman–Crippen LogP) is 2.85. The van der Waals surface area contributed by atoms with Gasteiger partial charge in [-0.3, -0.25) is 0 Å². The zero-order chi connectivity index (χ0) is 12.8. The lowest BCUT2D eigenvalue weighted by atomic mass is 9.80. The topological polar surface area (TPSA) is 29.3 Å². The van der Waals surface area contributed by atoms with Crippen molar-refractivity contribution in [2.45, 2.75) is 32.1 Å². The van der Waals surface area contributed by atoms with Crippen LogP contribution in [-0.2, 0) is 0 Å². The van der Waals surface area contributed by atoms with Crippen molar-refractivity contribution >= 4 is 0 Å². The van der Waals surface area contributed by atoms with Crippen LogP contribution < -0.4 is 5.73 Å². The third kappa shape index (κ3) is 3.33. The van der Waals surface area contributed by atoms with Crippen LogP contribution in [0.3, 0.4) is 0 Å². The number of likely N-dealkylation sites (tertiary alicyclic amines) is 1. The zero-order valence-electron chi connectivity index (χ0n) is 11.5. The second-order valence-corrected chi connectivity index (χ2v) is 5.43. The van der Waals surface area contributed by atoms with Gasteiger partial charge >= 0.3 is 0 Å². The first-order chi connectivity index (χ1) is 8.85. The Morgan fingerprint density at radius 3 is 2.44 bits per heavy atom. The maximum Gasteiger partial charge on any atom is -0.000555 e. The van der Waals surface area contributed by atoms with E-state index >= 15 is 0 Å². The summed E-state index contributed by atoms with van der Waals surface area (Å²) < 4.78 is 0. The normalized spacial score (nSPS) is 19.9. The number of nitrogens with two attached hydrogens (primary N) is 1. The second kappa shape index (κ2) is 6.91.